The van der Waals surface area contributed by atoms with E-state index in [4.69, 9.17) is 9.47 Å². The molecular formula is C20H23F3N2O4. The summed E-state index contributed by atoms with van der Waals surface area (Å²) in [5.41, 5.74) is 1.45. The highest BCUT2D eigenvalue weighted by Crippen LogP contribution is 2.43. The van der Waals surface area contributed by atoms with Gasteiger partial charge in [-0.2, -0.15) is 0 Å². The summed E-state index contributed by atoms with van der Waals surface area (Å²) < 4.78 is 52.5. The molecule has 2 aromatic carbocycles. The standard InChI is InChI=1S/C20H23F3N2O4/c1-27-16-11-14(26)12-17(28-2)18(16)19(25-9-7-24-8-10-25)13-3-5-15(6-4-13)29-20(21,22)23/h3-6,11-12,19,24,26H,7-10H2,1-2H3/t19-/m1/s1. The molecule has 1 saturated heterocycles. The maximum atomic E-state index is 12.5. The van der Waals surface area contributed by atoms with Crippen molar-refractivity contribution in [3.8, 4) is 23.0 Å². The zero-order chi connectivity index (χ0) is 21.0. The second kappa shape index (κ2) is 8.79. The Morgan fingerprint density at radius 2 is 1.55 bits per heavy atom. The number of phenolic OH excluding ortho intramolecular Hbond substituents is 1. The number of rotatable bonds is 6. The molecule has 0 amide bonds. The summed E-state index contributed by atoms with van der Waals surface area (Å²) in [6.45, 7) is 2.99. The summed E-state index contributed by atoms with van der Waals surface area (Å²) >= 11 is 0. The molecule has 0 aliphatic carbocycles. The Morgan fingerprint density at radius 3 is 2.03 bits per heavy atom. The molecule has 1 aliphatic heterocycles. The molecule has 3 rings (SSSR count). The summed E-state index contributed by atoms with van der Waals surface area (Å²) in [6, 6.07) is 8.42. The molecule has 2 aromatic rings. The van der Waals surface area contributed by atoms with Crippen LogP contribution in [0.15, 0.2) is 36.4 Å². The van der Waals surface area contributed by atoms with Crippen LogP contribution in [-0.2, 0) is 0 Å². The number of halogens is 3. The first-order chi connectivity index (χ1) is 13.8. The van der Waals surface area contributed by atoms with E-state index in [1.165, 1.54) is 38.5 Å². The number of nitrogens with zero attached hydrogens (tertiary/aromatic N) is 1. The van der Waals surface area contributed by atoms with Crippen LogP contribution in [0.5, 0.6) is 23.0 Å². The van der Waals surface area contributed by atoms with Crippen molar-refractivity contribution in [2.24, 2.45) is 0 Å². The molecule has 0 saturated carbocycles. The molecule has 0 bridgehead atoms. The quantitative estimate of drug-likeness (QED) is 0.759. The van der Waals surface area contributed by atoms with Crippen LogP contribution in [0.25, 0.3) is 0 Å². The molecule has 1 fully saturated rings. The zero-order valence-corrected chi connectivity index (χ0v) is 16.1. The number of alkyl halides is 3. The van der Waals surface area contributed by atoms with Gasteiger partial charge in [-0.15, -0.1) is 13.2 Å². The average molecular weight is 412 g/mol. The van der Waals surface area contributed by atoms with Crippen LogP contribution in [0.3, 0.4) is 0 Å². The Balaban J connectivity index is 2.07. The van der Waals surface area contributed by atoms with E-state index < -0.39 is 6.36 Å². The first-order valence-electron chi connectivity index (χ1n) is 9.07. The fraction of sp³-hybridized carbons (Fsp3) is 0.400. The molecule has 1 aliphatic rings. The summed E-state index contributed by atoms with van der Waals surface area (Å²) in [5, 5.41) is 13.3. The smallest absolute Gasteiger partial charge is 0.508 e. The number of nitrogens with one attached hydrogen (secondary N) is 1. The minimum absolute atomic E-state index is 0.00423. The van der Waals surface area contributed by atoms with Crippen molar-refractivity contribution < 1.29 is 32.5 Å². The van der Waals surface area contributed by atoms with Gasteiger partial charge < -0.3 is 24.6 Å². The summed E-state index contributed by atoms with van der Waals surface area (Å²) in [6.07, 6.45) is -4.75. The summed E-state index contributed by atoms with van der Waals surface area (Å²) in [5.74, 6) is 0.572. The molecule has 0 radical (unpaired) electrons. The molecule has 0 aromatic heterocycles. The monoisotopic (exact) mass is 412 g/mol. The molecule has 0 spiro atoms. The maximum Gasteiger partial charge on any atom is 0.573 e. The van der Waals surface area contributed by atoms with Crippen LogP contribution in [0.2, 0.25) is 0 Å². The maximum absolute atomic E-state index is 12.5. The van der Waals surface area contributed by atoms with Crippen molar-refractivity contribution >= 4 is 0 Å². The van der Waals surface area contributed by atoms with Gasteiger partial charge in [0.25, 0.3) is 0 Å². The second-order valence-corrected chi connectivity index (χ2v) is 6.57. The number of phenols is 1. The third-order valence-electron chi connectivity index (χ3n) is 4.75. The first-order valence-corrected chi connectivity index (χ1v) is 9.07. The van der Waals surface area contributed by atoms with Gasteiger partial charge in [-0.05, 0) is 17.7 Å². The van der Waals surface area contributed by atoms with Crippen LogP contribution in [0, 0.1) is 0 Å². The molecule has 0 unspecified atom stereocenters. The number of methoxy groups -OCH3 is 2. The predicted octanol–water partition coefficient (Wildman–Crippen LogP) is 3.30. The van der Waals surface area contributed by atoms with Crippen molar-refractivity contribution in [3.05, 3.63) is 47.5 Å². The molecule has 1 atom stereocenters. The van der Waals surface area contributed by atoms with Gasteiger partial charge in [0.05, 0.1) is 25.8 Å². The van der Waals surface area contributed by atoms with Gasteiger partial charge in [0.2, 0.25) is 0 Å². The highest BCUT2D eigenvalue weighted by molar-refractivity contribution is 5.55. The highest BCUT2D eigenvalue weighted by Gasteiger charge is 2.32. The average Bonchev–Trinajstić information content (AvgIpc) is 2.69. The zero-order valence-electron chi connectivity index (χ0n) is 16.1. The topological polar surface area (TPSA) is 63.2 Å². The van der Waals surface area contributed by atoms with E-state index >= 15 is 0 Å². The normalized spacial score (nSPS) is 16.3. The number of benzene rings is 2. The van der Waals surface area contributed by atoms with Crippen molar-refractivity contribution in [1.29, 1.82) is 0 Å². The molecular weight excluding hydrogens is 389 g/mol. The lowest BCUT2D eigenvalue weighted by atomic mass is 9.94. The van der Waals surface area contributed by atoms with Gasteiger partial charge in [0, 0.05) is 38.3 Å². The van der Waals surface area contributed by atoms with Gasteiger partial charge in [0.15, 0.2) is 0 Å². The van der Waals surface area contributed by atoms with E-state index in [0.29, 0.717) is 17.1 Å². The number of aromatic hydroxyl groups is 1. The largest absolute Gasteiger partial charge is 0.573 e. The first kappa shape index (κ1) is 21.1. The van der Waals surface area contributed by atoms with Crippen LogP contribution in [-0.4, -0.2) is 56.8 Å². The fourth-order valence-electron chi connectivity index (χ4n) is 3.55. The third-order valence-corrected chi connectivity index (χ3v) is 4.75. The fourth-order valence-corrected chi connectivity index (χ4v) is 3.55. The summed E-state index contributed by atoms with van der Waals surface area (Å²) in [7, 11) is 2.99. The highest BCUT2D eigenvalue weighted by atomic mass is 19.4. The molecule has 6 nitrogen and oxygen atoms in total. The Kier molecular flexibility index (Phi) is 6.39. The second-order valence-electron chi connectivity index (χ2n) is 6.57. The Bertz CT molecular complexity index is 796. The van der Waals surface area contributed by atoms with E-state index in [1.54, 1.807) is 12.1 Å². The molecule has 158 valence electrons. The van der Waals surface area contributed by atoms with Gasteiger partial charge in [-0.25, -0.2) is 0 Å². The van der Waals surface area contributed by atoms with E-state index in [9.17, 15) is 18.3 Å². The lowest BCUT2D eigenvalue weighted by Gasteiger charge is -2.36. The Labute approximate surface area is 166 Å². The molecule has 29 heavy (non-hydrogen) atoms. The minimum atomic E-state index is -4.75. The van der Waals surface area contributed by atoms with Crippen LogP contribution < -0.4 is 19.5 Å². The van der Waals surface area contributed by atoms with Crippen molar-refractivity contribution in [3.63, 3.8) is 0 Å². The lowest BCUT2D eigenvalue weighted by molar-refractivity contribution is -0.274. The van der Waals surface area contributed by atoms with Gasteiger partial charge >= 0.3 is 6.36 Å². The number of piperazine rings is 1. The third kappa shape index (κ3) is 5.04. The van der Waals surface area contributed by atoms with Crippen molar-refractivity contribution in [1.82, 2.24) is 10.2 Å². The van der Waals surface area contributed by atoms with E-state index in [0.717, 1.165) is 31.7 Å². The molecule has 2 N–H and O–H groups in total. The van der Waals surface area contributed by atoms with Crippen molar-refractivity contribution in [2.75, 3.05) is 40.4 Å². The van der Waals surface area contributed by atoms with Crippen LogP contribution in [0.4, 0.5) is 13.2 Å². The lowest BCUT2D eigenvalue weighted by Crippen LogP contribution is -2.45. The number of ether oxygens (including phenoxy) is 3. The van der Waals surface area contributed by atoms with Crippen molar-refractivity contribution in [2.45, 2.75) is 12.4 Å². The van der Waals surface area contributed by atoms with Gasteiger partial charge in [-0.1, -0.05) is 12.1 Å². The van der Waals surface area contributed by atoms with E-state index in [-0.39, 0.29) is 17.5 Å². The SMILES string of the molecule is COc1cc(O)cc(OC)c1[C@@H](c1ccc(OC(F)(F)F)cc1)N1CCNCC1. The minimum Gasteiger partial charge on any atom is -0.508 e. The number of hydrogen-bond acceptors (Lipinski definition) is 6. The van der Waals surface area contributed by atoms with E-state index in [1.807, 2.05) is 0 Å². The van der Waals surface area contributed by atoms with Gasteiger partial charge in [0.1, 0.15) is 23.0 Å². The predicted molar refractivity (Wildman–Crippen MR) is 101 cm³/mol. The van der Waals surface area contributed by atoms with Crippen LogP contribution in [0.1, 0.15) is 17.2 Å². The molecule has 1 heterocycles. The number of hydrogen-bond donors (Lipinski definition) is 2. The van der Waals surface area contributed by atoms with Crippen LogP contribution >= 0.6 is 0 Å². The summed E-state index contributed by atoms with van der Waals surface area (Å²) in [4.78, 5) is 2.19. The Morgan fingerprint density at radius 1 is 1.00 bits per heavy atom. The van der Waals surface area contributed by atoms with E-state index in [2.05, 4.69) is 15.0 Å². The Hall–Kier alpha value is -2.65. The van der Waals surface area contributed by atoms with Gasteiger partial charge in [-0.3, -0.25) is 4.90 Å². The molecule has 9 heteroatoms.